The van der Waals surface area contributed by atoms with Crippen LogP contribution in [0.5, 0.6) is 5.75 Å². The first-order valence-corrected chi connectivity index (χ1v) is 11.7. The number of nitrogens with zero attached hydrogens (tertiary/aromatic N) is 3. The number of imidazole rings is 1. The third-order valence-corrected chi connectivity index (χ3v) is 6.07. The van der Waals surface area contributed by atoms with Crippen molar-refractivity contribution in [3.63, 3.8) is 0 Å². The molecule has 1 amide bonds. The fourth-order valence-electron chi connectivity index (χ4n) is 4.36. The largest absolute Gasteiger partial charge is 0.493 e. The van der Waals surface area contributed by atoms with E-state index in [9.17, 15) is 14.7 Å². The second-order valence-corrected chi connectivity index (χ2v) is 8.30. The van der Waals surface area contributed by atoms with Gasteiger partial charge in [-0.3, -0.25) is 4.79 Å². The number of rotatable bonds is 7. The van der Waals surface area contributed by atoms with E-state index in [0.717, 1.165) is 43.9 Å². The standard InChI is InChI=1S/C27H25N5O4/c1-3-32(27(34)35)26-28-21-11-10-17(15-23(21)29-26)20-13-16(9-12-24(20)36-4-2)14-22-18-7-5-6-8-19(18)25(33)31-30-22/h5-13,15H,3-4,14H2,1-2H3,(H,28,29)(H,31,33)(H,34,35). The molecular formula is C27H25N5O4. The predicted molar refractivity (Wildman–Crippen MR) is 139 cm³/mol. The number of hydrogen-bond donors (Lipinski definition) is 3. The van der Waals surface area contributed by atoms with Gasteiger partial charge in [-0.25, -0.2) is 19.8 Å². The zero-order valence-corrected chi connectivity index (χ0v) is 19.9. The monoisotopic (exact) mass is 483 g/mol. The Balaban J connectivity index is 1.56. The highest BCUT2D eigenvalue weighted by molar-refractivity contribution is 5.89. The number of carboxylic acid groups (broad SMARTS) is 1. The Morgan fingerprint density at radius 2 is 1.86 bits per heavy atom. The summed E-state index contributed by atoms with van der Waals surface area (Å²) in [6.07, 6.45) is -0.538. The first-order chi connectivity index (χ1) is 17.5. The average Bonchev–Trinajstić information content (AvgIpc) is 3.30. The molecule has 0 unspecified atom stereocenters. The number of amides is 1. The van der Waals surface area contributed by atoms with E-state index in [0.29, 0.717) is 23.9 Å². The third-order valence-electron chi connectivity index (χ3n) is 6.07. The van der Waals surface area contributed by atoms with Crippen molar-refractivity contribution < 1.29 is 14.6 Å². The van der Waals surface area contributed by atoms with Gasteiger partial charge >= 0.3 is 6.09 Å². The first-order valence-electron chi connectivity index (χ1n) is 11.7. The van der Waals surface area contributed by atoms with E-state index >= 15 is 0 Å². The van der Waals surface area contributed by atoms with Crippen LogP contribution in [0, 0.1) is 0 Å². The van der Waals surface area contributed by atoms with E-state index in [1.807, 2.05) is 55.5 Å². The average molecular weight is 484 g/mol. The summed E-state index contributed by atoms with van der Waals surface area (Å²) in [5.41, 5.74) is 4.77. The third kappa shape index (κ3) is 4.26. The Hall–Kier alpha value is -4.66. The van der Waals surface area contributed by atoms with Crippen molar-refractivity contribution in [3.05, 3.63) is 82.3 Å². The van der Waals surface area contributed by atoms with Crippen LogP contribution in [0.3, 0.4) is 0 Å². The number of ether oxygens (including phenoxy) is 1. The van der Waals surface area contributed by atoms with Gasteiger partial charge in [0, 0.05) is 23.9 Å². The second-order valence-electron chi connectivity index (χ2n) is 8.30. The fraction of sp³-hybridized carbons (Fsp3) is 0.185. The van der Waals surface area contributed by atoms with Gasteiger partial charge in [-0.15, -0.1) is 0 Å². The molecule has 9 nitrogen and oxygen atoms in total. The van der Waals surface area contributed by atoms with Crippen LogP contribution < -0.4 is 15.2 Å². The van der Waals surface area contributed by atoms with Crippen molar-refractivity contribution in [2.24, 2.45) is 0 Å². The predicted octanol–water partition coefficient (Wildman–Crippen LogP) is 4.96. The molecule has 36 heavy (non-hydrogen) atoms. The molecule has 182 valence electrons. The lowest BCUT2D eigenvalue weighted by Gasteiger charge is -2.13. The van der Waals surface area contributed by atoms with Crippen molar-refractivity contribution in [2.75, 3.05) is 18.1 Å². The molecule has 0 aliphatic carbocycles. The summed E-state index contributed by atoms with van der Waals surface area (Å²) >= 11 is 0. The van der Waals surface area contributed by atoms with Crippen molar-refractivity contribution in [1.29, 1.82) is 0 Å². The molecule has 0 aliphatic rings. The zero-order chi connectivity index (χ0) is 25.2. The van der Waals surface area contributed by atoms with Gasteiger partial charge in [0.15, 0.2) is 0 Å². The molecular weight excluding hydrogens is 458 g/mol. The molecule has 5 rings (SSSR count). The number of nitrogens with one attached hydrogen (secondary N) is 2. The topological polar surface area (TPSA) is 124 Å². The Morgan fingerprint density at radius 1 is 1.06 bits per heavy atom. The molecule has 0 aliphatic heterocycles. The van der Waals surface area contributed by atoms with Crippen LogP contribution in [0.15, 0.2) is 65.5 Å². The highest BCUT2D eigenvalue weighted by Gasteiger charge is 2.17. The molecule has 0 bridgehead atoms. The number of H-pyrrole nitrogens is 2. The molecule has 3 N–H and O–H groups in total. The maximum Gasteiger partial charge on any atom is 0.414 e. The van der Waals surface area contributed by atoms with Gasteiger partial charge < -0.3 is 14.8 Å². The highest BCUT2D eigenvalue weighted by Crippen LogP contribution is 2.34. The minimum Gasteiger partial charge on any atom is -0.493 e. The van der Waals surface area contributed by atoms with E-state index < -0.39 is 6.09 Å². The maximum atomic E-state index is 12.2. The maximum absolute atomic E-state index is 12.2. The zero-order valence-electron chi connectivity index (χ0n) is 19.9. The smallest absolute Gasteiger partial charge is 0.414 e. The van der Waals surface area contributed by atoms with Crippen LogP contribution in [0.1, 0.15) is 25.1 Å². The summed E-state index contributed by atoms with van der Waals surface area (Å²) in [7, 11) is 0. The number of benzene rings is 3. The number of carbonyl (C=O) groups is 1. The number of anilines is 1. The number of aromatic nitrogens is 4. The summed E-state index contributed by atoms with van der Waals surface area (Å²) in [5.74, 6) is 1.02. The minimum absolute atomic E-state index is 0.210. The lowest BCUT2D eigenvalue weighted by Crippen LogP contribution is -2.29. The molecule has 0 saturated heterocycles. The van der Waals surface area contributed by atoms with Crippen molar-refractivity contribution in [3.8, 4) is 16.9 Å². The molecule has 3 aromatic carbocycles. The summed E-state index contributed by atoms with van der Waals surface area (Å²) in [6.45, 7) is 4.49. The van der Waals surface area contributed by atoms with Crippen LogP contribution in [0.2, 0.25) is 0 Å². The van der Waals surface area contributed by atoms with Crippen LogP contribution in [0.25, 0.3) is 32.9 Å². The van der Waals surface area contributed by atoms with Gasteiger partial charge in [0.1, 0.15) is 5.75 Å². The van der Waals surface area contributed by atoms with Crippen LogP contribution in [0.4, 0.5) is 10.7 Å². The van der Waals surface area contributed by atoms with Crippen LogP contribution in [-0.4, -0.2) is 44.5 Å². The Bertz CT molecular complexity index is 1640. The lowest BCUT2D eigenvalue weighted by atomic mass is 9.98. The lowest BCUT2D eigenvalue weighted by molar-refractivity contribution is 0.202. The molecule has 5 aromatic rings. The fourth-order valence-corrected chi connectivity index (χ4v) is 4.36. The van der Waals surface area contributed by atoms with Gasteiger partial charge in [-0.2, -0.15) is 5.10 Å². The molecule has 0 atom stereocenters. The first kappa shape index (κ1) is 23.1. The molecule has 2 aromatic heterocycles. The van der Waals surface area contributed by atoms with Gasteiger partial charge in [-0.05, 0) is 55.3 Å². The number of fused-ring (bicyclic) bond motifs is 2. The van der Waals surface area contributed by atoms with Gasteiger partial charge in [0.05, 0.1) is 28.7 Å². The molecule has 2 heterocycles. The highest BCUT2D eigenvalue weighted by atomic mass is 16.5. The van der Waals surface area contributed by atoms with Gasteiger partial charge in [0.25, 0.3) is 5.56 Å². The van der Waals surface area contributed by atoms with E-state index in [1.165, 1.54) is 0 Å². The van der Waals surface area contributed by atoms with E-state index in [4.69, 9.17) is 4.74 Å². The van der Waals surface area contributed by atoms with E-state index in [-0.39, 0.29) is 18.1 Å². The molecule has 0 radical (unpaired) electrons. The summed E-state index contributed by atoms with van der Waals surface area (Å²) in [5, 5.41) is 17.8. The summed E-state index contributed by atoms with van der Waals surface area (Å²) < 4.78 is 5.91. The summed E-state index contributed by atoms with van der Waals surface area (Å²) in [4.78, 5) is 32.4. The van der Waals surface area contributed by atoms with Crippen molar-refractivity contribution >= 4 is 33.8 Å². The Labute approximate surface area is 206 Å². The van der Waals surface area contributed by atoms with Crippen LogP contribution >= 0.6 is 0 Å². The second kappa shape index (κ2) is 9.53. The Kier molecular flexibility index (Phi) is 6.12. The minimum atomic E-state index is -1.06. The molecule has 0 fully saturated rings. The van der Waals surface area contributed by atoms with Crippen LogP contribution in [-0.2, 0) is 6.42 Å². The van der Waals surface area contributed by atoms with Crippen molar-refractivity contribution in [2.45, 2.75) is 20.3 Å². The van der Waals surface area contributed by atoms with Gasteiger partial charge in [-0.1, -0.05) is 30.3 Å². The van der Waals surface area contributed by atoms with E-state index in [2.05, 4.69) is 26.2 Å². The van der Waals surface area contributed by atoms with E-state index in [1.54, 1.807) is 13.0 Å². The molecule has 0 saturated carbocycles. The summed E-state index contributed by atoms with van der Waals surface area (Å²) in [6, 6.07) is 19.2. The number of aromatic amines is 2. The quantitative estimate of drug-likeness (QED) is 0.301. The molecule has 9 heteroatoms. The molecule has 0 spiro atoms. The van der Waals surface area contributed by atoms with Gasteiger partial charge in [0.2, 0.25) is 5.95 Å². The normalized spacial score (nSPS) is 11.2. The van der Waals surface area contributed by atoms with Crippen molar-refractivity contribution in [1.82, 2.24) is 20.2 Å². The SMILES string of the molecule is CCOc1ccc(Cc2n[nH]c(=O)c3ccccc23)cc1-c1ccc2nc(N(CC)C(=O)O)[nH]c2c1. The Morgan fingerprint density at radius 3 is 2.61 bits per heavy atom. The number of hydrogen-bond acceptors (Lipinski definition) is 5.